The lowest BCUT2D eigenvalue weighted by Gasteiger charge is -2.17. The SMILES string of the molecule is CC1=CC(=O)CCC(c2ccccc2)N1. The maximum absolute atomic E-state index is 11.4. The normalized spacial score (nSPS) is 21.5. The lowest BCUT2D eigenvalue weighted by atomic mass is 10.0. The Bertz CT molecular complexity index is 381. The van der Waals surface area contributed by atoms with Crippen molar-refractivity contribution < 1.29 is 4.79 Å². The van der Waals surface area contributed by atoms with E-state index in [1.807, 2.05) is 25.1 Å². The van der Waals surface area contributed by atoms with Crippen LogP contribution < -0.4 is 5.32 Å². The van der Waals surface area contributed by atoms with Gasteiger partial charge in [-0.1, -0.05) is 30.3 Å². The van der Waals surface area contributed by atoms with Crippen LogP contribution in [0, 0.1) is 0 Å². The highest BCUT2D eigenvalue weighted by atomic mass is 16.1. The summed E-state index contributed by atoms with van der Waals surface area (Å²) in [4.78, 5) is 11.4. The zero-order chi connectivity index (χ0) is 10.7. The third-order valence-electron chi connectivity index (χ3n) is 2.66. The summed E-state index contributed by atoms with van der Waals surface area (Å²) in [5.74, 6) is 0.221. The predicted octanol–water partition coefficient (Wildman–Crippen LogP) is 2.58. The van der Waals surface area contributed by atoms with Gasteiger partial charge in [0.25, 0.3) is 0 Å². The summed E-state index contributed by atoms with van der Waals surface area (Å²) in [6, 6.07) is 10.5. The summed E-state index contributed by atoms with van der Waals surface area (Å²) >= 11 is 0. The summed E-state index contributed by atoms with van der Waals surface area (Å²) in [5, 5.41) is 3.37. The molecular formula is C13H15NO. The monoisotopic (exact) mass is 201 g/mol. The van der Waals surface area contributed by atoms with E-state index in [1.165, 1.54) is 5.56 Å². The van der Waals surface area contributed by atoms with Crippen molar-refractivity contribution in [3.8, 4) is 0 Å². The maximum Gasteiger partial charge on any atom is 0.157 e. The molecule has 1 unspecified atom stereocenters. The fraction of sp³-hybridized carbons (Fsp3) is 0.308. The fourth-order valence-electron chi connectivity index (χ4n) is 1.92. The second kappa shape index (κ2) is 4.30. The van der Waals surface area contributed by atoms with Crippen molar-refractivity contribution in [1.82, 2.24) is 5.32 Å². The number of ketones is 1. The largest absolute Gasteiger partial charge is 0.382 e. The second-order valence-corrected chi connectivity index (χ2v) is 3.94. The molecule has 1 aliphatic rings. The van der Waals surface area contributed by atoms with E-state index >= 15 is 0 Å². The molecule has 0 fully saturated rings. The van der Waals surface area contributed by atoms with Crippen molar-refractivity contribution in [2.24, 2.45) is 0 Å². The minimum absolute atomic E-state index is 0.221. The third kappa shape index (κ3) is 2.46. The molecule has 78 valence electrons. The van der Waals surface area contributed by atoms with E-state index in [-0.39, 0.29) is 11.8 Å². The lowest BCUT2D eigenvalue weighted by Crippen LogP contribution is -2.17. The Labute approximate surface area is 90.0 Å². The lowest BCUT2D eigenvalue weighted by molar-refractivity contribution is -0.114. The molecule has 0 aliphatic carbocycles. The third-order valence-corrected chi connectivity index (χ3v) is 2.66. The molecule has 0 saturated carbocycles. The number of rotatable bonds is 1. The molecule has 15 heavy (non-hydrogen) atoms. The van der Waals surface area contributed by atoms with E-state index in [0.717, 1.165) is 12.1 Å². The number of hydrogen-bond acceptors (Lipinski definition) is 2. The average molecular weight is 201 g/mol. The Morgan fingerprint density at radius 2 is 2.00 bits per heavy atom. The van der Waals surface area contributed by atoms with Crippen molar-refractivity contribution in [3.05, 3.63) is 47.7 Å². The van der Waals surface area contributed by atoms with Crippen molar-refractivity contribution in [1.29, 1.82) is 0 Å². The molecular weight excluding hydrogens is 186 g/mol. The van der Waals surface area contributed by atoms with Gasteiger partial charge in [0.1, 0.15) is 0 Å². The van der Waals surface area contributed by atoms with Gasteiger partial charge in [0.2, 0.25) is 0 Å². The Hall–Kier alpha value is -1.57. The van der Waals surface area contributed by atoms with E-state index in [1.54, 1.807) is 6.08 Å². The molecule has 2 heteroatoms. The van der Waals surface area contributed by atoms with Crippen LogP contribution in [0.4, 0.5) is 0 Å². The molecule has 1 heterocycles. The Morgan fingerprint density at radius 3 is 2.73 bits per heavy atom. The van der Waals surface area contributed by atoms with Crippen LogP contribution in [-0.4, -0.2) is 5.78 Å². The van der Waals surface area contributed by atoms with E-state index in [9.17, 15) is 4.79 Å². The zero-order valence-electron chi connectivity index (χ0n) is 8.86. The average Bonchev–Trinajstić information content (AvgIpc) is 2.41. The van der Waals surface area contributed by atoms with Crippen LogP contribution in [0.15, 0.2) is 42.1 Å². The van der Waals surface area contributed by atoms with Gasteiger partial charge in [-0.25, -0.2) is 0 Å². The number of carbonyl (C=O) groups is 1. The summed E-state index contributed by atoms with van der Waals surface area (Å²) in [7, 11) is 0. The molecule has 1 aliphatic heterocycles. The maximum atomic E-state index is 11.4. The Kier molecular flexibility index (Phi) is 2.86. The van der Waals surface area contributed by atoms with E-state index in [4.69, 9.17) is 0 Å². The van der Waals surface area contributed by atoms with E-state index in [2.05, 4.69) is 17.4 Å². The Balaban J connectivity index is 2.19. The van der Waals surface area contributed by atoms with E-state index < -0.39 is 0 Å². The molecule has 0 spiro atoms. The molecule has 2 rings (SSSR count). The standard InChI is InChI=1S/C13H15NO/c1-10-9-12(15)7-8-13(14-10)11-5-3-2-4-6-11/h2-6,9,13-14H,7-8H2,1H3. The van der Waals surface area contributed by atoms with Gasteiger partial charge in [0, 0.05) is 12.1 Å². The van der Waals surface area contributed by atoms with Gasteiger partial charge < -0.3 is 5.32 Å². The predicted molar refractivity (Wildman–Crippen MR) is 60.3 cm³/mol. The molecule has 1 aromatic rings. The molecule has 0 aromatic heterocycles. The van der Waals surface area contributed by atoms with Crippen LogP contribution in [-0.2, 0) is 4.79 Å². The topological polar surface area (TPSA) is 29.1 Å². The van der Waals surface area contributed by atoms with Crippen molar-refractivity contribution in [3.63, 3.8) is 0 Å². The second-order valence-electron chi connectivity index (χ2n) is 3.94. The van der Waals surface area contributed by atoms with Gasteiger partial charge >= 0.3 is 0 Å². The van der Waals surface area contributed by atoms with Crippen LogP contribution in [0.1, 0.15) is 31.4 Å². The highest BCUT2D eigenvalue weighted by molar-refractivity contribution is 5.90. The van der Waals surface area contributed by atoms with Crippen LogP contribution in [0.5, 0.6) is 0 Å². The first-order valence-corrected chi connectivity index (χ1v) is 5.28. The molecule has 0 saturated heterocycles. The molecule has 0 bridgehead atoms. The van der Waals surface area contributed by atoms with Gasteiger partial charge in [-0.05, 0) is 25.0 Å². The van der Waals surface area contributed by atoms with Crippen molar-refractivity contribution >= 4 is 5.78 Å². The highest BCUT2D eigenvalue weighted by Gasteiger charge is 2.15. The molecule has 1 atom stereocenters. The summed E-state index contributed by atoms with van der Waals surface area (Å²) < 4.78 is 0. The quantitative estimate of drug-likeness (QED) is 0.756. The number of benzene rings is 1. The van der Waals surface area contributed by atoms with Gasteiger partial charge in [0.05, 0.1) is 6.04 Å². The zero-order valence-corrected chi connectivity index (χ0v) is 8.86. The molecule has 0 radical (unpaired) electrons. The Morgan fingerprint density at radius 1 is 1.27 bits per heavy atom. The molecule has 2 nitrogen and oxygen atoms in total. The van der Waals surface area contributed by atoms with Crippen LogP contribution in [0.25, 0.3) is 0 Å². The summed E-state index contributed by atoms with van der Waals surface area (Å²) in [5.41, 5.74) is 2.21. The smallest absolute Gasteiger partial charge is 0.157 e. The van der Waals surface area contributed by atoms with Crippen molar-refractivity contribution in [2.75, 3.05) is 0 Å². The molecule has 0 amide bonds. The number of hydrogen-bond donors (Lipinski definition) is 1. The number of carbonyl (C=O) groups excluding carboxylic acids is 1. The summed E-state index contributed by atoms with van der Waals surface area (Å²) in [6.07, 6.45) is 3.20. The first-order chi connectivity index (χ1) is 7.25. The number of nitrogens with one attached hydrogen (secondary N) is 1. The minimum atomic E-state index is 0.221. The fourth-order valence-corrected chi connectivity index (χ4v) is 1.92. The van der Waals surface area contributed by atoms with Gasteiger partial charge in [0.15, 0.2) is 5.78 Å². The molecule has 1 N–H and O–H groups in total. The van der Waals surface area contributed by atoms with Crippen molar-refractivity contribution in [2.45, 2.75) is 25.8 Å². The van der Waals surface area contributed by atoms with E-state index in [0.29, 0.717) is 6.42 Å². The first-order valence-electron chi connectivity index (χ1n) is 5.28. The summed E-state index contributed by atoms with van der Waals surface area (Å²) in [6.45, 7) is 1.94. The van der Waals surface area contributed by atoms with Crippen LogP contribution in [0.2, 0.25) is 0 Å². The highest BCUT2D eigenvalue weighted by Crippen LogP contribution is 2.22. The first kappa shape index (κ1) is 9.97. The van der Waals surface area contributed by atoms with Gasteiger partial charge in [-0.2, -0.15) is 0 Å². The van der Waals surface area contributed by atoms with Gasteiger partial charge in [-0.3, -0.25) is 4.79 Å². The molecule has 1 aromatic carbocycles. The van der Waals surface area contributed by atoms with Gasteiger partial charge in [-0.15, -0.1) is 0 Å². The minimum Gasteiger partial charge on any atom is -0.382 e. The van der Waals surface area contributed by atoms with Crippen LogP contribution >= 0.6 is 0 Å². The van der Waals surface area contributed by atoms with Crippen LogP contribution in [0.3, 0.4) is 0 Å². The number of allylic oxidation sites excluding steroid dienone is 2.